The number of hydrogen-bond donors (Lipinski definition) is 0. The Hall–Kier alpha value is -2.38. The Morgan fingerprint density at radius 3 is 1.61 bits per heavy atom. The largest absolute Gasteiger partial charge is 0.305 e. The van der Waals surface area contributed by atoms with Crippen LogP contribution in [0, 0.1) is 0 Å². The SMILES string of the molecule is C=CC=C.CC.CC.CCC.CCc1ccc(/C=C/c2cccc(CN(C)C)c2)cc1. The molecule has 0 spiro atoms. The molecule has 0 atom stereocenters. The van der Waals surface area contributed by atoms with Crippen molar-refractivity contribution in [2.45, 2.75) is 67.9 Å². The van der Waals surface area contributed by atoms with E-state index in [-0.39, 0.29) is 0 Å². The molecular weight excluding hydrogens is 374 g/mol. The smallest absolute Gasteiger partial charge is 0.0227 e. The molecule has 2 rings (SSSR count). The fourth-order valence-corrected chi connectivity index (χ4v) is 2.22. The molecule has 1 nitrogen and oxygen atoms in total. The summed E-state index contributed by atoms with van der Waals surface area (Å²) >= 11 is 0. The van der Waals surface area contributed by atoms with E-state index in [4.69, 9.17) is 0 Å². The van der Waals surface area contributed by atoms with E-state index in [0.29, 0.717) is 0 Å². The normalized spacial score (nSPS) is 8.97. The Kier molecular flexibility index (Phi) is 27.5. The van der Waals surface area contributed by atoms with Crippen LogP contribution in [0.4, 0.5) is 0 Å². The van der Waals surface area contributed by atoms with Crippen LogP contribution < -0.4 is 0 Å². The van der Waals surface area contributed by atoms with E-state index in [9.17, 15) is 0 Å². The van der Waals surface area contributed by atoms with Crippen LogP contribution in [-0.4, -0.2) is 19.0 Å². The highest BCUT2D eigenvalue weighted by Gasteiger charge is 1.96. The quantitative estimate of drug-likeness (QED) is 0.330. The summed E-state index contributed by atoms with van der Waals surface area (Å²) in [7, 11) is 4.19. The third-order valence-corrected chi connectivity index (χ3v) is 3.47. The molecule has 0 N–H and O–H groups in total. The Bertz CT molecular complexity index is 657. The fraction of sp³-hybridized carbons (Fsp3) is 0.400. The molecule has 1 heteroatoms. The number of hydrogen-bond acceptors (Lipinski definition) is 1. The zero-order chi connectivity index (χ0) is 24.5. The Balaban J connectivity index is -0.000000605. The van der Waals surface area contributed by atoms with Crippen molar-refractivity contribution in [3.05, 3.63) is 96.1 Å². The molecule has 0 aromatic heterocycles. The molecule has 0 saturated carbocycles. The number of nitrogens with zero attached hydrogens (tertiary/aromatic N) is 1. The first-order valence-corrected chi connectivity index (χ1v) is 11.7. The zero-order valence-electron chi connectivity index (χ0n) is 21.9. The van der Waals surface area contributed by atoms with Crippen LogP contribution in [0.1, 0.15) is 77.1 Å². The molecule has 0 radical (unpaired) electrons. The van der Waals surface area contributed by atoms with E-state index >= 15 is 0 Å². The second-order valence-electron chi connectivity index (χ2n) is 6.59. The molecule has 2 aromatic carbocycles. The molecule has 0 aliphatic carbocycles. The van der Waals surface area contributed by atoms with Gasteiger partial charge in [-0.05, 0) is 42.8 Å². The molecular formula is C30H49N. The predicted molar refractivity (Wildman–Crippen MR) is 148 cm³/mol. The van der Waals surface area contributed by atoms with Crippen LogP contribution in [0.3, 0.4) is 0 Å². The first-order chi connectivity index (χ1) is 15.0. The van der Waals surface area contributed by atoms with Gasteiger partial charge in [0.15, 0.2) is 0 Å². The summed E-state index contributed by atoms with van der Waals surface area (Å²) in [6, 6.07) is 17.4. The summed E-state index contributed by atoms with van der Waals surface area (Å²) in [4.78, 5) is 2.19. The van der Waals surface area contributed by atoms with Crippen LogP contribution in [-0.2, 0) is 13.0 Å². The molecule has 0 aliphatic heterocycles. The second kappa shape index (κ2) is 25.7. The fourth-order valence-electron chi connectivity index (χ4n) is 2.22. The maximum absolute atomic E-state index is 3.36. The van der Waals surface area contributed by atoms with Crippen molar-refractivity contribution < 1.29 is 0 Å². The summed E-state index contributed by atoms with van der Waals surface area (Å²) in [5.74, 6) is 0. The summed E-state index contributed by atoms with van der Waals surface area (Å²) in [6.07, 6.45) is 9.98. The van der Waals surface area contributed by atoms with Crippen molar-refractivity contribution in [2.75, 3.05) is 14.1 Å². The third-order valence-electron chi connectivity index (χ3n) is 3.47. The van der Waals surface area contributed by atoms with Gasteiger partial charge in [0.2, 0.25) is 0 Å². The number of aryl methyl sites for hydroxylation is 1. The van der Waals surface area contributed by atoms with E-state index < -0.39 is 0 Å². The van der Waals surface area contributed by atoms with Gasteiger partial charge >= 0.3 is 0 Å². The van der Waals surface area contributed by atoms with Crippen LogP contribution in [0.25, 0.3) is 12.2 Å². The molecule has 0 fully saturated rings. The van der Waals surface area contributed by atoms with Gasteiger partial charge < -0.3 is 4.90 Å². The van der Waals surface area contributed by atoms with E-state index in [1.165, 1.54) is 28.7 Å². The van der Waals surface area contributed by atoms with E-state index in [0.717, 1.165) is 13.0 Å². The Morgan fingerprint density at radius 1 is 0.710 bits per heavy atom. The molecule has 0 bridgehead atoms. The molecule has 174 valence electrons. The van der Waals surface area contributed by atoms with Crippen molar-refractivity contribution in [1.82, 2.24) is 4.90 Å². The van der Waals surface area contributed by atoms with Crippen molar-refractivity contribution >= 4 is 12.2 Å². The number of benzene rings is 2. The van der Waals surface area contributed by atoms with Crippen LogP contribution >= 0.6 is 0 Å². The van der Waals surface area contributed by atoms with Crippen molar-refractivity contribution in [1.29, 1.82) is 0 Å². The minimum absolute atomic E-state index is 0.979. The van der Waals surface area contributed by atoms with Gasteiger partial charge in [0.25, 0.3) is 0 Å². The van der Waals surface area contributed by atoms with Crippen molar-refractivity contribution in [3.63, 3.8) is 0 Å². The summed E-state index contributed by atoms with van der Waals surface area (Å²) in [5, 5.41) is 0. The maximum atomic E-state index is 3.36. The van der Waals surface area contributed by atoms with E-state index in [1.807, 2.05) is 27.7 Å². The van der Waals surface area contributed by atoms with Crippen LogP contribution in [0.2, 0.25) is 0 Å². The van der Waals surface area contributed by atoms with Gasteiger partial charge in [0.05, 0.1) is 0 Å². The van der Waals surface area contributed by atoms with Gasteiger partial charge in [0, 0.05) is 6.54 Å². The summed E-state index contributed by atoms with van der Waals surface area (Å²) in [5.41, 5.74) is 5.23. The average molecular weight is 424 g/mol. The minimum Gasteiger partial charge on any atom is -0.305 e. The molecule has 0 saturated heterocycles. The first-order valence-electron chi connectivity index (χ1n) is 11.7. The molecule has 0 aliphatic rings. The monoisotopic (exact) mass is 423 g/mol. The molecule has 31 heavy (non-hydrogen) atoms. The lowest BCUT2D eigenvalue weighted by Crippen LogP contribution is -2.10. The highest BCUT2D eigenvalue weighted by atomic mass is 15.0. The molecule has 0 heterocycles. The predicted octanol–water partition coefficient (Wildman–Crippen LogP) is 9.31. The topological polar surface area (TPSA) is 3.24 Å². The van der Waals surface area contributed by atoms with Gasteiger partial charge in [-0.25, -0.2) is 0 Å². The summed E-state index contributed by atoms with van der Waals surface area (Å²) < 4.78 is 0. The lowest BCUT2D eigenvalue weighted by atomic mass is 10.1. The lowest BCUT2D eigenvalue weighted by Gasteiger charge is -2.09. The van der Waals surface area contributed by atoms with Crippen molar-refractivity contribution in [3.8, 4) is 0 Å². The zero-order valence-corrected chi connectivity index (χ0v) is 21.9. The van der Waals surface area contributed by atoms with Crippen molar-refractivity contribution in [2.24, 2.45) is 0 Å². The lowest BCUT2D eigenvalue weighted by molar-refractivity contribution is 0.402. The van der Waals surface area contributed by atoms with Gasteiger partial charge in [-0.2, -0.15) is 0 Å². The maximum Gasteiger partial charge on any atom is 0.0227 e. The number of rotatable bonds is 6. The summed E-state index contributed by atoms with van der Waals surface area (Å²) in [6.45, 7) is 22.1. The second-order valence-corrected chi connectivity index (χ2v) is 6.59. The van der Waals surface area contributed by atoms with Gasteiger partial charge in [0.1, 0.15) is 0 Å². The highest BCUT2D eigenvalue weighted by molar-refractivity contribution is 5.69. The molecule has 2 aromatic rings. The van der Waals surface area contributed by atoms with Crippen LogP contribution in [0.15, 0.2) is 73.8 Å². The number of allylic oxidation sites excluding steroid dienone is 2. The average Bonchev–Trinajstić information content (AvgIpc) is 2.81. The Morgan fingerprint density at radius 2 is 1.19 bits per heavy atom. The standard InChI is InChI=1S/C19H23N.C4H6.C3H8.2C2H6/c1-4-16-8-10-17(11-9-16)12-13-18-6-5-7-19(14-18)15-20(2)3;1-3-4-2;1-3-2;2*1-2/h5-14H,4,15H2,1-3H3;3-4H,1-2H2;3H2,1-2H3;2*1-2H3/b13-12+;;;;. The third kappa shape index (κ3) is 20.7. The van der Waals surface area contributed by atoms with Crippen LogP contribution in [0.5, 0.6) is 0 Å². The van der Waals surface area contributed by atoms with E-state index in [2.05, 4.69) is 114 Å². The Labute approximate surface area is 195 Å². The highest BCUT2D eigenvalue weighted by Crippen LogP contribution is 2.12. The molecule has 0 amide bonds. The van der Waals surface area contributed by atoms with E-state index in [1.54, 1.807) is 12.2 Å². The van der Waals surface area contributed by atoms with Gasteiger partial charge in [-0.15, -0.1) is 0 Å². The minimum atomic E-state index is 0.979. The first kappa shape index (κ1) is 33.3. The van der Waals surface area contributed by atoms with Gasteiger partial charge in [-0.3, -0.25) is 0 Å². The molecule has 0 unspecified atom stereocenters. The van der Waals surface area contributed by atoms with Gasteiger partial charge in [-0.1, -0.05) is 141 Å².